The van der Waals surface area contributed by atoms with Crippen LogP contribution in [0.5, 0.6) is 11.5 Å². The van der Waals surface area contributed by atoms with Gasteiger partial charge in [0.2, 0.25) is 0 Å². The number of ether oxygens (including phenoxy) is 2. The number of halogens is 3. The van der Waals surface area contributed by atoms with Gasteiger partial charge < -0.3 is 9.47 Å². The molecule has 1 aliphatic carbocycles. The van der Waals surface area contributed by atoms with Crippen molar-refractivity contribution in [3.05, 3.63) is 63.7 Å². The average Bonchev–Trinajstić information content (AvgIpc) is 2.82. The summed E-state index contributed by atoms with van der Waals surface area (Å²) in [4.78, 5) is 24.8. The first-order valence-electron chi connectivity index (χ1n) is 7.15. The smallest absolute Gasteiger partial charge is 0.387 e. The van der Waals surface area contributed by atoms with Crippen molar-refractivity contribution in [1.82, 2.24) is 0 Å². The molecule has 2 aromatic carbocycles. The summed E-state index contributed by atoms with van der Waals surface area (Å²) in [5, 5.41) is -0.123. The number of methoxy groups -OCH3 is 1. The quantitative estimate of drug-likeness (QED) is 0.595. The highest BCUT2D eigenvalue weighted by molar-refractivity contribution is 6.41. The van der Waals surface area contributed by atoms with Crippen molar-refractivity contribution in [3.8, 4) is 11.5 Å². The number of alkyl halides is 2. The Morgan fingerprint density at radius 3 is 2.20 bits per heavy atom. The van der Waals surface area contributed by atoms with Gasteiger partial charge in [0.15, 0.2) is 23.1 Å². The van der Waals surface area contributed by atoms with E-state index in [2.05, 4.69) is 4.74 Å². The van der Waals surface area contributed by atoms with Crippen LogP contribution in [0.2, 0.25) is 5.02 Å². The molecule has 25 heavy (non-hydrogen) atoms. The molecule has 0 bridgehead atoms. The van der Waals surface area contributed by atoms with Crippen molar-refractivity contribution in [2.75, 3.05) is 7.11 Å². The SMILES string of the molecule is COc1cc(C=C2C(=O)c3ccccc3C2=O)cc(Cl)c1OC(F)F. The van der Waals surface area contributed by atoms with Crippen LogP contribution in [0, 0.1) is 0 Å². The molecule has 2 aromatic rings. The summed E-state index contributed by atoms with van der Waals surface area (Å²) in [5.74, 6) is -1.14. The molecule has 0 radical (unpaired) electrons. The van der Waals surface area contributed by atoms with Crippen LogP contribution < -0.4 is 9.47 Å². The first-order chi connectivity index (χ1) is 11.9. The third-order valence-electron chi connectivity index (χ3n) is 3.68. The van der Waals surface area contributed by atoms with Gasteiger partial charge in [0.1, 0.15) is 0 Å². The maximum absolute atomic E-state index is 12.5. The largest absolute Gasteiger partial charge is 0.493 e. The highest BCUT2D eigenvalue weighted by atomic mass is 35.5. The Bertz CT molecular complexity index is 869. The predicted octanol–water partition coefficient (Wildman–Crippen LogP) is 4.41. The van der Waals surface area contributed by atoms with Crippen molar-refractivity contribution >= 4 is 29.2 Å². The lowest BCUT2D eigenvalue weighted by Gasteiger charge is -2.12. The highest BCUT2D eigenvalue weighted by Crippen LogP contribution is 2.38. The maximum Gasteiger partial charge on any atom is 0.387 e. The number of rotatable bonds is 4. The molecule has 0 spiro atoms. The van der Waals surface area contributed by atoms with Crippen LogP contribution in [0.4, 0.5) is 8.78 Å². The van der Waals surface area contributed by atoms with Gasteiger partial charge >= 0.3 is 6.61 Å². The van der Waals surface area contributed by atoms with Gasteiger partial charge in [-0.05, 0) is 23.8 Å². The summed E-state index contributed by atoms with van der Waals surface area (Å²) < 4.78 is 34.3. The molecule has 0 atom stereocenters. The van der Waals surface area contributed by atoms with Gasteiger partial charge in [-0.2, -0.15) is 8.78 Å². The van der Waals surface area contributed by atoms with Crippen molar-refractivity contribution in [3.63, 3.8) is 0 Å². The molecular weight excluding hydrogens is 354 g/mol. The standard InChI is InChI=1S/C18H11ClF2O4/c1-24-14-8-9(7-13(19)17(14)25-18(20)21)6-12-15(22)10-4-2-3-5-11(10)16(12)23/h2-8,18H,1H3. The van der Waals surface area contributed by atoms with Gasteiger partial charge in [-0.3, -0.25) is 9.59 Å². The van der Waals surface area contributed by atoms with Gasteiger partial charge in [0.05, 0.1) is 17.7 Å². The minimum absolute atomic E-state index is 0.0261. The van der Waals surface area contributed by atoms with Crippen molar-refractivity contribution in [2.45, 2.75) is 6.61 Å². The van der Waals surface area contributed by atoms with E-state index in [0.29, 0.717) is 16.7 Å². The number of benzene rings is 2. The van der Waals surface area contributed by atoms with Crippen LogP contribution in [0.15, 0.2) is 42.0 Å². The van der Waals surface area contributed by atoms with Crippen LogP contribution in [0.25, 0.3) is 6.08 Å². The minimum Gasteiger partial charge on any atom is -0.493 e. The third kappa shape index (κ3) is 3.13. The number of ketones is 2. The maximum atomic E-state index is 12.5. The Kier molecular flexibility index (Phi) is 4.55. The summed E-state index contributed by atoms with van der Waals surface area (Å²) >= 11 is 5.97. The lowest BCUT2D eigenvalue weighted by molar-refractivity contribution is -0.0511. The molecule has 3 rings (SSSR count). The number of allylic oxidation sites excluding steroid dienone is 1. The molecule has 128 valence electrons. The summed E-state index contributed by atoms with van der Waals surface area (Å²) in [6.45, 7) is -3.07. The summed E-state index contributed by atoms with van der Waals surface area (Å²) in [6, 6.07) is 9.16. The van der Waals surface area contributed by atoms with E-state index in [1.165, 1.54) is 25.3 Å². The number of carbonyl (C=O) groups is 2. The van der Waals surface area contributed by atoms with E-state index in [9.17, 15) is 18.4 Å². The van der Waals surface area contributed by atoms with E-state index >= 15 is 0 Å². The normalized spacial score (nSPS) is 13.2. The van der Waals surface area contributed by atoms with Crippen LogP contribution in [-0.2, 0) is 0 Å². The Morgan fingerprint density at radius 2 is 1.68 bits per heavy atom. The van der Waals surface area contributed by atoms with Gasteiger partial charge in [-0.15, -0.1) is 0 Å². The lowest BCUT2D eigenvalue weighted by Crippen LogP contribution is -2.05. The molecule has 0 amide bonds. The zero-order chi connectivity index (χ0) is 18.1. The number of fused-ring (bicyclic) bond motifs is 1. The Labute approximate surface area is 146 Å². The molecule has 0 N–H and O–H groups in total. The van der Waals surface area contributed by atoms with Crippen LogP contribution in [0.3, 0.4) is 0 Å². The van der Waals surface area contributed by atoms with E-state index in [4.69, 9.17) is 16.3 Å². The van der Waals surface area contributed by atoms with E-state index in [0.717, 1.165) is 0 Å². The van der Waals surface area contributed by atoms with E-state index in [-0.39, 0.29) is 22.1 Å². The fourth-order valence-corrected chi connectivity index (χ4v) is 2.86. The molecule has 4 nitrogen and oxygen atoms in total. The Balaban J connectivity index is 2.04. The molecular formula is C18H11ClF2O4. The highest BCUT2D eigenvalue weighted by Gasteiger charge is 2.32. The first-order valence-corrected chi connectivity index (χ1v) is 7.52. The Hall–Kier alpha value is -2.73. The zero-order valence-corrected chi connectivity index (χ0v) is 13.6. The molecule has 0 aromatic heterocycles. The molecule has 0 saturated heterocycles. The zero-order valence-electron chi connectivity index (χ0n) is 12.9. The van der Waals surface area contributed by atoms with Gasteiger partial charge in [-0.25, -0.2) is 0 Å². The van der Waals surface area contributed by atoms with Gasteiger partial charge in [0, 0.05) is 11.1 Å². The number of hydrogen-bond acceptors (Lipinski definition) is 4. The average molecular weight is 365 g/mol. The predicted molar refractivity (Wildman–Crippen MR) is 87.7 cm³/mol. The molecule has 1 aliphatic rings. The fourth-order valence-electron chi connectivity index (χ4n) is 2.60. The van der Waals surface area contributed by atoms with Crippen molar-refractivity contribution in [2.24, 2.45) is 0 Å². The van der Waals surface area contributed by atoms with E-state index < -0.39 is 18.2 Å². The minimum atomic E-state index is -3.07. The van der Waals surface area contributed by atoms with Gasteiger partial charge in [-0.1, -0.05) is 35.9 Å². The molecule has 0 heterocycles. The molecule has 0 aliphatic heterocycles. The number of hydrogen-bond donors (Lipinski definition) is 0. The number of Topliss-reactive ketones (excluding diaryl/α,β-unsaturated/α-hetero) is 2. The van der Waals surface area contributed by atoms with Crippen LogP contribution in [0.1, 0.15) is 26.3 Å². The molecule has 7 heteroatoms. The second-order valence-corrected chi connectivity index (χ2v) is 5.58. The summed E-state index contributed by atoms with van der Waals surface area (Å²) in [6.07, 6.45) is 1.35. The van der Waals surface area contributed by atoms with E-state index in [1.54, 1.807) is 24.3 Å². The molecule has 0 fully saturated rings. The lowest BCUT2D eigenvalue weighted by atomic mass is 10.1. The summed E-state index contributed by atoms with van der Waals surface area (Å²) in [7, 11) is 1.27. The first kappa shape index (κ1) is 17.1. The topological polar surface area (TPSA) is 52.6 Å². The third-order valence-corrected chi connectivity index (χ3v) is 3.96. The second-order valence-electron chi connectivity index (χ2n) is 5.17. The Morgan fingerprint density at radius 1 is 1.08 bits per heavy atom. The van der Waals surface area contributed by atoms with Crippen LogP contribution >= 0.6 is 11.6 Å². The molecule has 0 saturated carbocycles. The van der Waals surface area contributed by atoms with Gasteiger partial charge in [0.25, 0.3) is 0 Å². The van der Waals surface area contributed by atoms with Crippen molar-refractivity contribution in [1.29, 1.82) is 0 Å². The second kappa shape index (κ2) is 6.64. The van der Waals surface area contributed by atoms with Crippen LogP contribution in [-0.4, -0.2) is 25.3 Å². The molecule has 0 unspecified atom stereocenters. The fraction of sp³-hybridized carbons (Fsp3) is 0.111. The monoisotopic (exact) mass is 364 g/mol. The number of carbonyl (C=O) groups excluding carboxylic acids is 2. The summed E-state index contributed by atoms with van der Waals surface area (Å²) in [5.41, 5.74) is 0.985. The van der Waals surface area contributed by atoms with Crippen molar-refractivity contribution < 1.29 is 27.8 Å². The van der Waals surface area contributed by atoms with E-state index in [1.807, 2.05) is 0 Å².